The van der Waals surface area contributed by atoms with Crippen molar-refractivity contribution in [2.24, 2.45) is 11.8 Å². The molecule has 0 amide bonds. The minimum Gasteiger partial charge on any atom is -0.356 e. The molecule has 1 aliphatic carbocycles. The Morgan fingerprint density at radius 2 is 1.70 bits per heavy atom. The van der Waals surface area contributed by atoms with Gasteiger partial charge in [0.25, 0.3) is 10.0 Å². The van der Waals surface area contributed by atoms with Crippen LogP contribution in [0.15, 0.2) is 65.7 Å². The highest BCUT2D eigenvalue weighted by Gasteiger charge is 2.33. The molecule has 2 unspecified atom stereocenters. The van der Waals surface area contributed by atoms with Gasteiger partial charge in [-0.1, -0.05) is 30.4 Å². The van der Waals surface area contributed by atoms with Crippen LogP contribution in [0, 0.1) is 11.8 Å². The van der Waals surface area contributed by atoms with Crippen LogP contribution in [-0.2, 0) is 10.0 Å². The summed E-state index contributed by atoms with van der Waals surface area (Å²) < 4.78 is 27.5. The van der Waals surface area contributed by atoms with Gasteiger partial charge in [-0.3, -0.25) is 4.31 Å². The van der Waals surface area contributed by atoms with E-state index in [2.05, 4.69) is 22.0 Å². The first-order valence-electron chi connectivity index (χ1n) is 9.53. The van der Waals surface area contributed by atoms with E-state index in [1.807, 2.05) is 43.3 Å². The summed E-state index contributed by atoms with van der Waals surface area (Å²) in [7, 11) is -3.62. The first kappa shape index (κ1) is 18.0. The number of allylic oxidation sites excluding steroid dienone is 2. The van der Waals surface area contributed by atoms with Gasteiger partial charge in [-0.15, -0.1) is 0 Å². The molecule has 1 aromatic carbocycles. The van der Waals surface area contributed by atoms with E-state index < -0.39 is 10.0 Å². The maximum atomic E-state index is 13.1. The second kappa shape index (κ2) is 7.35. The SMILES string of the molecule is CCN(c1ccccc1)S(=O)(=O)c1ccc(N2CC3CC=CCC3C2)nc1. The molecule has 5 nitrogen and oxygen atoms in total. The van der Waals surface area contributed by atoms with Crippen molar-refractivity contribution >= 4 is 21.5 Å². The molecule has 0 bridgehead atoms. The molecule has 27 heavy (non-hydrogen) atoms. The van der Waals surface area contributed by atoms with Crippen LogP contribution in [0.25, 0.3) is 0 Å². The molecule has 0 radical (unpaired) electrons. The highest BCUT2D eigenvalue weighted by atomic mass is 32.2. The zero-order valence-corrected chi connectivity index (χ0v) is 16.3. The van der Waals surface area contributed by atoms with Crippen LogP contribution in [0.5, 0.6) is 0 Å². The van der Waals surface area contributed by atoms with Crippen molar-refractivity contribution < 1.29 is 8.42 Å². The fourth-order valence-electron chi connectivity index (χ4n) is 4.13. The molecule has 2 aliphatic rings. The van der Waals surface area contributed by atoms with E-state index in [4.69, 9.17) is 0 Å². The molecule has 1 aliphatic heterocycles. The Balaban J connectivity index is 1.55. The minimum atomic E-state index is -3.62. The van der Waals surface area contributed by atoms with Gasteiger partial charge in [-0.2, -0.15) is 0 Å². The van der Waals surface area contributed by atoms with E-state index in [1.54, 1.807) is 6.07 Å². The highest BCUT2D eigenvalue weighted by molar-refractivity contribution is 7.92. The fourth-order valence-corrected chi connectivity index (χ4v) is 5.55. The number of nitrogens with zero attached hydrogens (tertiary/aromatic N) is 3. The Hall–Kier alpha value is -2.34. The van der Waals surface area contributed by atoms with E-state index >= 15 is 0 Å². The number of hydrogen-bond acceptors (Lipinski definition) is 4. The van der Waals surface area contributed by atoms with Gasteiger partial charge in [-0.05, 0) is 55.9 Å². The lowest BCUT2D eigenvalue weighted by molar-refractivity contribution is 0.411. The zero-order valence-electron chi connectivity index (χ0n) is 15.5. The van der Waals surface area contributed by atoms with Gasteiger partial charge in [-0.25, -0.2) is 13.4 Å². The summed E-state index contributed by atoms with van der Waals surface area (Å²) in [6, 6.07) is 12.7. The van der Waals surface area contributed by atoms with Crippen molar-refractivity contribution in [2.75, 3.05) is 28.8 Å². The van der Waals surface area contributed by atoms with Crippen LogP contribution in [0.2, 0.25) is 0 Å². The smallest absolute Gasteiger partial charge is 0.265 e. The number of fused-ring (bicyclic) bond motifs is 1. The molecule has 2 aromatic rings. The Morgan fingerprint density at radius 3 is 2.26 bits per heavy atom. The van der Waals surface area contributed by atoms with Crippen LogP contribution in [0.4, 0.5) is 11.5 Å². The van der Waals surface area contributed by atoms with E-state index in [0.29, 0.717) is 24.1 Å². The zero-order chi connectivity index (χ0) is 18.9. The number of sulfonamides is 1. The van der Waals surface area contributed by atoms with E-state index in [-0.39, 0.29) is 4.90 Å². The lowest BCUT2D eigenvalue weighted by atomic mass is 9.86. The molecule has 142 valence electrons. The maximum absolute atomic E-state index is 13.1. The molecular weight excluding hydrogens is 358 g/mol. The van der Waals surface area contributed by atoms with Gasteiger partial charge >= 0.3 is 0 Å². The predicted molar refractivity (Wildman–Crippen MR) is 108 cm³/mol. The largest absolute Gasteiger partial charge is 0.356 e. The first-order valence-corrected chi connectivity index (χ1v) is 11.0. The molecule has 0 saturated carbocycles. The normalized spacial score (nSPS) is 21.9. The van der Waals surface area contributed by atoms with Crippen LogP contribution < -0.4 is 9.21 Å². The first-order chi connectivity index (χ1) is 13.1. The monoisotopic (exact) mass is 383 g/mol. The highest BCUT2D eigenvalue weighted by Crippen LogP contribution is 2.35. The fraction of sp³-hybridized carbons (Fsp3) is 0.381. The standard InChI is InChI=1S/C21H25N3O2S/c1-2-24(19-10-4-3-5-11-19)27(25,26)20-12-13-21(22-14-20)23-15-17-8-6-7-9-18(17)16-23/h3-7,10-14,17-18H,2,8-9,15-16H2,1H3. The third-order valence-corrected chi connectivity index (χ3v) is 7.47. The number of aromatic nitrogens is 1. The summed E-state index contributed by atoms with van der Waals surface area (Å²) in [6.45, 7) is 4.21. The Bertz CT molecular complexity index is 894. The summed E-state index contributed by atoms with van der Waals surface area (Å²) in [6.07, 6.45) is 8.32. The van der Waals surface area contributed by atoms with E-state index in [9.17, 15) is 8.42 Å². The topological polar surface area (TPSA) is 53.5 Å². The van der Waals surface area contributed by atoms with Crippen molar-refractivity contribution in [1.82, 2.24) is 4.98 Å². The van der Waals surface area contributed by atoms with Crippen LogP contribution in [-0.4, -0.2) is 33.0 Å². The van der Waals surface area contributed by atoms with Crippen molar-refractivity contribution in [3.8, 4) is 0 Å². The van der Waals surface area contributed by atoms with Crippen molar-refractivity contribution in [1.29, 1.82) is 0 Å². The minimum absolute atomic E-state index is 0.232. The van der Waals surface area contributed by atoms with Crippen molar-refractivity contribution in [3.63, 3.8) is 0 Å². The molecule has 6 heteroatoms. The van der Waals surface area contributed by atoms with Crippen molar-refractivity contribution in [2.45, 2.75) is 24.7 Å². The lowest BCUT2D eigenvalue weighted by Crippen LogP contribution is -2.31. The van der Waals surface area contributed by atoms with Gasteiger partial charge in [0.05, 0.1) is 5.69 Å². The summed E-state index contributed by atoms with van der Waals surface area (Å²) in [5.41, 5.74) is 0.667. The van der Waals surface area contributed by atoms with E-state index in [0.717, 1.165) is 31.7 Å². The van der Waals surface area contributed by atoms with Gasteiger partial charge in [0.1, 0.15) is 10.7 Å². The number of pyridine rings is 1. The second-order valence-corrected chi connectivity index (χ2v) is 9.09. The molecule has 0 N–H and O–H groups in total. The molecule has 2 heterocycles. The lowest BCUT2D eigenvalue weighted by Gasteiger charge is -2.23. The predicted octanol–water partition coefficient (Wildman–Crippen LogP) is 3.70. The summed E-state index contributed by atoms with van der Waals surface area (Å²) >= 11 is 0. The molecule has 2 atom stereocenters. The average Bonchev–Trinajstić information content (AvgIpc) is 3.13. The third kappa shape index (κ3) is 3.46. The van der Waals surface area contributed by atoms with Crippen molar-refractivity contribution in [3.05, 3.63) is 60.8 Å². The molecule has 0 spiro atoms. The number of rotatable bonds is 5. The summed E-state index contributed by atoms with van der Waals surface area (Å²) in [5.74, 6) is 2.24. The Labute approximate surface area is 161 Å². The third-order valence-electron chi connectivity index (χ3n) is 5.58. The molecule has 1 saturated heterocycles. The van der Waals surface area contributed by atoms with Crippen LogP contribution >= 0.6 is 0 Å². The van der Waals surface area contributed by atoms with Crippen LogP contribution in [0.1, 0.15) is 19.8 Å². The molecule has 1 fully saturated rings. The second-order valence-electron chi connectivity index (χ2n) is 7.23. The molecule has 4 rings (SSSR count). The Kier molecular flexibility index (Phi) is 4.91. The van der Waals surface area contributed by atoms with Gasteiger partial charge in [0.15, 0.2) is 0 Å². The quantitative estimate of drug-likeness (QED) is 0.739. The Morgan fingerprint density at radius 1 is 1.04 bits per heavy atom. The maximum Gasteiger partial charge on any atom is 0.265 e. The number of hydrogen-bond donors (Lipinski definition) is 0. The average molecular weight is 384 g/mol. The summed E-state index contributed by atoms with van der Waals surface area (Å²) in [5, 5.41) is 0. The molecular formula is C21H25N3O2S. The van der Waals surface area contributed by atoms with Gasteiger partial charge < -0.3 is 4.90 Å². The number of benzene rings is 1. The van der Waals surface area contributed by atoms with E-state index in [1.165, 1.54) is 10.5 Å². The number of anilines is 2. The molecule has 1 aromatic heterocycles. The summed E-state index contributed by atoms with van der Waals surface area (Å²) in [4.78, 5) is 7.01. The number of para-hydroxylation sites is 1. The van der Waals surface area contributed by atoms with Crippen LogP contribution in [0.3, 0.4) is 0 Å². The van der Waals surface area contributed by atoms with Gasteiger partial charge in [0, 0.05) is 25.8 Å². The van der Waals surface area contributed by atoms with Gasteiger partial charge in [0.2, 0.25) is 0 Å².